The van der Waals surface area contributed by atoms with Gasteiger partial charge in [0.1, 0.15) is 23.6 Å². The normalized spacial score (nSPS) is 17.9. The molecule has 4 aromatic rings. The average Bonchev–Trinajstić information content (AvgIpc) is 2.94. The highest BCUT2D eigenvalue weighted by Gasteiger charge is 2.45. The third-order valence-electron chi connectivity index (χ3n) is 7.56. The highest BCUT2D eigenvalue weighted by molar-refractivity contribution is 6.30. The van der Waals surface area contributed by atoms with Crippen LogP contribution >= 0.6 is 11.6 Å². The third kappa shape index (κ3) is 7.32. The summed E-state index contributed by atoms with van der Waals surface area (Å²) in [5, 5.41) is 4.29. The van der Waals surface area contributed by atoms with Crippen molar-refractivity contribution in [3.8, 4) is 5.75 Å². The molecule has 2 atom stereocenters. The summed E-state index contributed by atoms with van der Waals surface area (Å²) in [6.45, 7) is 12.4. The monoisotopic (exact) mass is 569 g/mol. The maximum absolute atomic E-state index is 6.66. The van der Waals surface area contributed by atoms with Gasteiger partial charge in [0, 0.05) is 22.8 Å². The number of nitrogens with one attached hydrogen (secondary N) is 1. The van der Waals surface area contributed by atoms with Crippen LogP contribution in [0.3, 0.4) is 0 Å². The van der Waals surface area contributed by atoms with E-state index < -0.39 is 5.60 Å². The van der Waals surface area contributed by atoms with Gasteiger partial charge in [0.05, 0.1) is 13.2 Å². The summed E-state index contributed by atoms with van der Waals surface area (Å²) in [6, 6.07) is 33.1. The molecule has 0 aromatic heterocycles. The van der Waals surface area contributed by atoms with Crippen LogP contribution in [0.5, 0.6) is 5.75 Å². The third-order valence-corrected chi connectivity index (χ3v) is 7.79. The lowest BCUT2D eigenvalue weighted by Gasteiger charge is -2.44. The molecule has 0 saturated heterocycles. The van der Waals surface area contributed by atoms with Crippen LogP contribution in [0.25, 0.3) is 0 Å². The molecule has 0 bridgehead atoms. The number of fused-ring (bicyclic) bond motifs is 1. The van der Waals surface area contributed by atoms with Gasteiger partial charge in [0.25, 0.3) is 0 Å². The number of hydrogen-bond donors (Lipinski definition) is 1. The standard InChI is InChI=1S/C36H40ClNO3/c1-35(2,3)28-16-14-25(15-17-28)22-38-30-18-19-32-31(21-30)33(39-23-26-10-7-6-8-11-26)34(36(4,5)41-32)40-24-27-12-9-13-29(37)20-27/h6-21,33-34,38H,22-24H2,1-5H3. The van der Waals surface area contributed by atoms with Crippen molar-refractivity contribution in [2.24, 2.45) is 0 Å². The lowest BCUT2D eigenvalue weighted by atomic mass is 9.87. The van der Waals surface area contributed by atoms with Crippen LogP contribution in [0.4, 0.5) is 5.69 Å². The van der Waals surface area contributed by atoms with Gasteiger partial charge in [-0.1, -0.05) is 99.1 Å². The fraction of sp³-hybridized carbons (Fsp3) is 0.333. The fourth-order valence-electron chi connectivity index (χ4n) is 5.21. The minimum atomic E-state index is -0.614. The summed E-state index contributed by atoms with van der Waals surface area (Å²) in [5.74, 6) is 0.816. The minimum absolute atomic E-state index is 0.137. The summed E-state index contributed by atoms with van der Waals surface area (Å²) >= 11 is 6.24. The highest BCUT2D eigenvalue weighted by Crippen LogP contribution is 2.45. The van der Waals surface area contributed by atoms with Crippen LogP contribution in [0.2, 0.25) is 5.02 Å². The van der Waals surface area contributed by atoms with Gasteiger partial charge < -0.3 is 19.5 Å². The van der Waals surface area contributed by atoms with E-state index in [1.165, 1.54) is 11.1 Å². The van der Waals surface area contributed by atoms with E-state index in [1.807, 2.05) is 48.5 Å². The van der Waals surface area contributed by atoms with E-state index in [-0.39, 0.29) is 17.6 Å². The molecule has 0 aliphatic carbocycles. The number of rotatable bonds is 9. The Morgan fingerprint density at radius 3 is 2.20 bits per heavy atom. The van der Waals surface area contributed by atoms with Crippen molar-refractivity contribution in [1.29, 1.82) is 0 Å². The van der Waals surface area contributed by atoms with Gasteiger partial charge in [-0.05, 0) is 71.8 Å². The first kappa shape index (κ1) is 29.2. The highest BCUT2D eigenvalue weighted by atomic mass is 35.5. The molecule has 0 spiro atoms. The van der Waals surface area contributed by atoms with Crippen molar-refractivity contribution in [3.63, 3.8) is 0 Å². The first-order chi connectivity index (χ1) is 19.6. The van der Waals surface area contributed by atoms with Crippen LogP contribution in [-0.2, 0) is 34.6 Å². The SMILES string of the molecule is CC(C)(C)c1ccc(CNc2ccc3c(c2)C(OCc2ccccc2)C(OCc2cccc(Cl)c2)C(C)(C)O3)cc1. The van der Waals surface area contributed by atoms with Crippen molar-refractivity contribution >= 4 is 17.3 Å². The quantitative estimate of drug-likeness (QED) is 0.218. The first-order valence-electron chi connectivity index (χ1n) is 14.3. The molecule has 0 radical (unpaired) electrons. The van der Waals surface area contributed by atoms with Gasteiger partial charge >= 0.3 is 0 Å². The Balaban J connectivity index is 1.39. The molecule has 41 heavy (non-hydrogen) atoms. The molecule has 4 nitrogen and oxygen atoms in total. The molecule has 1 aliphatic rings. The fourth-order valence-corrected chi connectivity index (χ4v) is 5.42. The Morgan fingerprint density at radius 2 is 1.49 bits per heavy atom. The number of benzene rings is 4. The molecule has 1 N–H and O–H groups in total. The molecule has 214 valence electrons. The average molecular weight is 570 g/mol. The van der Waals surface area contributed by atoms with Crippen LogP contribution in [0, 0.1) is 0 Å². The number of hydrogen-bond acceptors (Lipinski definition) is 4. The van der Waals surface area contributed by atoms with Gasteiger partial charge in [-0.15, -0.1) is 0 Å². The Labute approximate surface area is 249 Å². The van der Waals surface area contributed by atoms with E-state index in [0.717, 1.165) is 34.7 Å². The molecule has 2 unspecified atom stereocenters. The first-order valence-corrected chi connectivity index (χ1v) is 14.6. The number of ether oxygens (including phenoxy) is 3. The molecule has 5 heteroatoms. The summed E-state index contributed by atoms with van der Waals surface area (Å²) in [5.41, 5.74) is 6.19. The second-order valence-electron chi connectivity index (χ2n) is 12.3. The molecule has 5 rings (SSSR count). The van der Waals surface area contributed by atoms with E-state index in [1.54, 1.807) is 0 Å². The molecule has 1 heterocycles. The summed E-state index contributed by atoms with van der Waals surface area (Å²) < 4.78 is 19.8. The number of anilines is 1. The molecule has 0 amide bonds. The van der Waals surface area contributed by atoms with E-state index in [9.17, 15) is 0 Å². The summed E-state index contributed by atoms with van der Waals surface area (Å²) in [7, 11) is 0. The molecule has 0 saturated carbocycles. The molecule has 4 aromatic carbocycles. The van der Waals surface area contributed by atoms with E-state index >= 15 is 0 Å². The van der Waals surface area contributed by atoms with Gasteiger partial charge in [-0.3, -0.25) is 0 Å². The van der Waals surface area contributed by atoms with E-state index in [0.29, 0.717) is 18.2 Å². The van der Waals surface area contributed by atoms with Crippen molar-refractivity contribution in [2.45, 2.75) is 77.6 Å². The second kappa shape index (κ2) is 12.3. The Morgan fingerprint density at radius 1 is 0.780 bits per heavy atom. The van der Waals surface area contributed by atoms with Gasteiger partial charge in [-0.2, -0.15) is 0 Å². The smallest absolute Gasteiger partial charge is 0.132 e. The second-order valence-corrected chi connectivity index (χ2v) is 12.8. The van der Waals surface area contributed by atoms with Gasteiger partial charge in [-0.25, -0.2) is 0 Å². The largest absolute Gasteiger partial charge is 0.485 e. The lowest BCUT2D eigenvalue weighted by molar-refractivity contribution is -0.170. The van der Waals surface area contributed by atoms with Crippen molar-refractivity contribution in [1.82, 2.24) is 0 Å². The van der Waals surface area contributed by atoms with E-state index in [2.05, 4.69) is 88.5 Å². The zero-order valence-corrected chi connectivity index (χ0v) is 25.4. The van der Waals surface area contributed by atoms with Crippen LogP contribution in [0.1, 0.15) is 68.5 Å². The zero-order valence-electron chi connectivity index (χ0n) is 24.6. The van der Waals surface area contributed by atoms with Crippen molar-refractivity contribution in [2.75, 3.05) is 5.32 Å². The molecule has 1 aliphatic heterocycles. The predicted octanol–water partition coefficient (Wildman–Crippen LogP) is 9.26. The van der Waals surface area contributed by atoms with Gasteiger partial charge in [0.2, 0.25) is 0 Å². The summed E-state index contributed by atoms with van der Waals surface area (Å²) in [4.78, 5) is 0. The Bertz CT molecular complexity index is 1440. The topological polar surface area (TPSA) is 39.7 Å². The molecular weight excluding hydrogens is 530 g/mol. The molecular formula is C36H40ClNO3. The van der Waals surface area contributed by atoms with Crippen LogP contribution in [0.15, 0.2) is 97.1 Å². The van der Waals surface area contributed by atoms with Gasteiger partial charge in [0.15, 0.2) is 0 Å². The van der Waals surface area contributed by atoms with Crippen molar-refractivity contribution < 1.29 is 14.2 Å². The van der Waals surface area contributed by atoms with Crippen molar-refractivity contribution in [3.05, 3.63) is 130 Å². The zero-order chi connectivity index (χ0) is 29.0. The van der Waals surface area contributed by atoms with Crippen LogP contribution in [-0.4, -0.2) is 11.7 Å². The molecule has 0 fully saturated rings. The summed E-state index contributed by atoms with van der Waals surface area (Å²) in [6.07, 6.45) is -0.682. The van der Waals surface area contributed by atoms with Crippen LogP contribution < -0.4 is 10.1 Å². The van der Waals surface area contributed by atoms with E-state index in [4.69, 9.17) is 25.8 Å². The predicted molar refractivity (Wildman–Crippen MR) is 168 cm³/mol. The number of halogens is 1. The minimum Gasteiger partial charge on any atom is -0.485 e. The maximum atomic E-state index is 6.66. The Hall–Kier alpha value is -3.31. The maximum Gasteiger partial charge on any atom is 0.132 e. The Kier molecular flexibility index (Phi) is 8.74. The lowest BCUT2D eigenvalue weighted by Crippen LogP contribution is -2.50.